The average molecular weight is 637 g/mol. The van der Waals surface area contributed by atoms with E-state index in [1.165, 1.54) is 0 Å². The molecule has 0 fully saturated rings. The van der Waals surface area contributed by atoms with Gasteiger partial charge in [0.25, 0.3) is 5.91 Å². The summed E-state index contributed by atoms with van der Waals surface area (Å²) in [5.41, 5.74) is -6.98. The predicted molar refractivity (Wildman–Crippen MR) is 129 cm³/mol. The van der Waals surface area contributed by atoms with Crippen molar-refractivity contribution in [2.45, 2.75) is 30.7 Å². The Hall–Kier alpha value is -5.09. The van der Waals surface area contributed by atoms with E-state index >= 15 is 0 Å². The third kappa shape index (κ3) is 8.26. The number of halogens is 9. The molecule has 0 heterocycles. The van der Waals surface area contributed by atoms with E-state index in [-0.39, 0.29) is 12.1 Å². The first-order chi connectivity index (χ1) is 20.3. The molecule has 8 nitrogen and oxygen atoms in total. The second-order valence-corrected chi connectivity index (χ2v) is 8.68. The van der Waals surface area contributed by atoms with E-state index in [2.05, 4.69) is 4.74 Å². The highest BCUT2D eigenvalue weighted by Crippen LogP contribution is 2.35. The molecule has 44 heavy (non-hydrogen) atoms. The summed E-state index contributed by atoms with van der Waals surface area (Å²) >= 11 is 0. The lowest BCUT2D eigenvalue weighted by molar-refractivity contribution is -0.157. The smallest absolute Gasteiger partial charge is 0.418 e. The number of para-hydroxylation sites is 1. The number of hydrogen-bond acceptors (Lipinski definition) is 6. The van der Waals surface area contributed by atoms with Crippen LogP contribution in [0.3, 0.4) is 0 Å². The molecule has 2 N–H and O–H groups in total. The van der Waals surface area contributed by atoms with Crippen LogP contribution in [0, 0.1) is 0 Å². The molecule has 0 radical (unpaired) electrons. The van der Waals surface area contributed by atoms with Crippen LogP contribution in [0.1, 0.15) is 37.4 Å². The highest BCUT2D eigenvalue weighted by molar-refractivity contribution is 6.02. The molecular weight excluding hydrogens is 621 g/mol. The number of ether oxygens (including phenoxy) is 2. The summed E-state index contributed by atoms with van der Waals surface area (Å²) in [7, 11) is 0. The van der Waals surface area contributed by atoms with E-state index in [4.69, 9.17) is 4.74 Å². The summed E-state index contributed by atoms with van der Waals surface area (Å²) in [6.45, 7) is 0. The third-order valence-electron chi connectivity index (χ3n) is 5.59. The van der Waals surface area contributed by atoms with Gasteiger partial charge in [0.05, 0.1) is 33.5 Å². The zero-order chi connectivity index (χ0) is 33.0. The summed E-state index contributed by atoms with van der Waals surface area (Å²) in [6, 6.07) is 7.82. The monoisotopic (exact) mass is 637 g/mol. The maximum Gasteiger partial charge on any atom is 0.418 e. The highest BCUT2D eigenvalue weighted by Gasteiger charge is 2.43. The number of amides is 1. The van der Waals surface area contributed by atoms with Gasteiger partial charge in [0.1, 0.15) is 0 Å². The second-order valence-electron chi connectivity index (χ2n) is 8.68. The highest BCUT2D eigenvalue weighted by atomic mass is 19.4. The Morgan fingerprint density at radius 1 is 0.614 bits per heavy atom. The number of esters is 2. The van der Waals surface area contributed by atoms with Gasteiger partial charge in [0, 0.05) is 0 Å². The van der Waals surface area contributed by atoms with Crippen LogP contribution in [0.4, 0.5) is 45.2 Å². The number of hydrogen-bond donors (Lipinski definition) is 2. The molecule has 0 saturated heterocycles. The first-order valence-electron chi connectivity index (χ1n) is 11.8. The molecular formula is C27H16F9NO7. The maximum atomic E-state index is 13.5. The molecule has 0 saturated carbocycles. The van der Waals surface area contributed by atoms with Crippen molar-refractivity contribution in [3.05, 3.63) is 101 Å². The van der Waals surface area contributed by atoms with E-state index in [0.717, 1.165) is 42.5 Å². The number of carbonyl (C=O) groups is 4. The molecule has 234 valence electrons. The predicted octanol–water partition coefficient (Wildman–Crippen LogP) is 6.22. The lowest BCUT2D eigenvalue weighted by Crippen LogP contribution is -2.48. The Bertz CT molecular complexity index is 1570. The van der Waals surface area contributed by atoms with Crippen molar-refractivity contribution in [1.82, 2.24) is 0 Å². The quantitative estimate of drug-likeness (QED) is 0.223. The number of carboxylic acid groups (broad SMARTS) is 1. The largest absolute Gasteiger partial charge is 0.478 e. The molecule has 0 aliphatic rings. The van der Waals surface area contributed by atoms with E-state index in [1.807, 2.05) is 0 Å². The molecule has 2 atom stereocenters. The third-order valence-corrected chi connectivity index (χ3v) is 5.59. The van der Waals surface area contributed by atoms with Gasteiger partial charge in [-0.1, -0.05) is 24.3 Å². The molecule has 3 aromatic rings. The summed E-state index contributed by atoms with van der Waals surface area (Å²) in [5, 5.41) is 11.4. The zero-order valence-corrected chi connectivity index (χ0v) is 21.4. The van der Waals surface area contributed by atoms with Crippen LogP contribution in [0.2, 0.25) is 0 Å². The van der Waals surface area contributed by atoms with Crippen molar-refractivity contribution in [3.63, 3.8) is 0 Å². The fraction of sp³-hybridized carbons (Fsp3) is 0.185. The normalized spacial score (nSPS) is 13.4. The van der Waals surface area contributed by atoms with Crippen LogP contribution in [0.15, 0.2) is 72.8 Å². The number of benzene rings is 3. The number of nitrogens with one attached hydrogen (secondary N) is 1. The van der Waals surface area contributed by atoms with Crippen molar-refractivity contribution in [2.75, 3.05) is 5.32 Å². The Morgan fingerprint density at radius 2 is 1.07 bits per heavy atom. The van der Waals surface area contributed by atoms with Gasteiger partial charge in [-0.2, -0.15) is 39.5 Å². The number of rotatable bonds is 8. The summed E-state index contributed by atoms with van der Waals surface area (Å²) in [4.78, 5) is 50.5. The number of aliphatic carboxylic acids is 1. The lowest BCUT2D eigenvalue weighted by atomic mass is 10.1. The van der Waals surface area contributed by atoms with Gasteiger partial charge in [0.15, 0.2) is 0 Å². The Balaban J connectivity index is 2.03. The van der Waals surface area contributed by atoms with Crippen molar-refractivity contribution >= 4 is 29.5 Å². The number of carbonyl (C=O) groups excluding carboxylic acids is 3. The van der Waals surface area contributed by atoms with E-state index < -0.39 is 88.1 Å². The van der Waals surface area contributed by atoms with E-state index in [0.29, 0.717) is 18.2 Å². The van der Waals surface area contributed by atoms with Gasteiger partial charge in [-0.25, -0.2) is 14.4 Å². The summed E-state index contributed by atoms with van der Waals surface area (Å²) < 4.78 is 128. The number of alkyl halides is 9. The van der Waals surface area contributed by atoms with Crippen molar-refractivity contribution < 1.29 is 73.3 Å². The SMILES string of the molecule is O=C(O[C@H](C(=O)Nc1ccccc1C(F)(F)F)[C@@H](OC(=O)c1cccc(C(F)(F)F)c1)C(=O)O)c1cccc(C(F)(F)F)c1. The zero-order valence-electron chi connectivity index (χ0n) is 21.4. The van der Waals surface area contributed by atoms with Crippen LogP contribution in [0.5, 0.6) is 0 Å². The van der Waals surface area contributed by atoms with Crippen molar-refractivity contribution in [2.24, 2.45) is 0 Å². The van der Waals surface area contributed by atoms with Gasteiger partial charge in [-0.15, -0.1) is 0 Å². The first-order valence-corrected chi connectivity index (χ1v) is 11.8. The summed E-state index contributed by atoms with van der Waals surface area (Å²) in [6.07, 6.45) is -20.8. The van der Waals surface area contributed by atoms with Crippen LogP contribution < -0.4 is 5.32 Å². The molecule has 3 aromatic carbocycles. The lowest BCUT2D eigenvalue weighted by Gasteiger charge is -2.24. The van der Waals surface area contributed by atoms with Crippen LogP contribution >= 0.6 is 0 Å². The minimum atomic E-state index is -5.07. The maximum absolute atomic E-state index is 13.5. The number of anilines is 1. The topological polar surface area (TPSA) is 119 Å². The number of carboxylic acids is 1. The Kier molecular flexibility index (Phi) is 9.60. The van der Waals surface area contributed by atoms with Gasteiger partial charge >= 0.3 is 36.4 Å². The van der Waals surface area contributed by atoms with E-state index in [1.54, 1.807) is 5.32 Å². The Labute approximate surface area is 240 Å². The first kappa shape index (κ1) is 33.4. The van der Waals surface area contributed by atoms with Crippen molar-refractivity contribution in [3.8, 4) is 0 Å². The minimum absolute atomic E-state index is 0.251. The summed E-state index contributed by atoms with van der Waals surface area (Å²) in [5.74, 6) is -7.73. The minimum Gasteiger partial charge on any atom is -0.478 e. The second kappa shape index (κ2) is 12.6. The van der Waals surface area contributed by atoms with Gasteiger partial charge in [0.2, 0.25) is 12.2 Å². The molecule has 0 aliphatic carbocycles. The fourth-order valence-corrected chi connectivity index (χ4v) is 3.55. The molecule has 17 heteroatoms. The van der Waals surface area contributed by atoms with Crippen LogP contribution in [-0.4, -0.2) is 41.1 Å². The molecule has 0 spiro atoms. The molecule has 0 aliphatic heterocycles. The molecule has 3 rings (SSSR count). The Morgan fingerprint density at radius 3 is 1.50 bits per heavy atom. The van der Waals surface area contributed by atoms with Crippen LogP contribution in [0.25, 0.3) is 0 Å². The van der Waals surface area contributed by atoms with Crippen molar-refractivity contribution in [1.29, 1.82) is 0 Å². The fourth-order valence-electron chi connectivity index (χ4n) is 3.55. The van der Waals surface area contributed by atoms with Gasteiger partial charge in [-0.3, -0.25) is 4.79 Å². The van der Waals surface area contributed by atoms with Gasteiger partial charge < -0.3 is 19.9 Å². The average Bonchev–Trinajstić information content (AvgIpc) is 2.93. The molecule has 0 unspecified atom stereocenters. The standard InChI is InChI=1S/C27H16F9NO7/c28-25(29,30)15-7-3-5-13(11-15)23(41)43-19(21(38)37-18-10-2-1-9-17(18)27(34,35)36)20(22(39)40)44-24(42)14-6-4-8-16(12-14)26(31,32)33/h1-12,19-20H,(H,37,38)(H,39,40)/t19-,20+/m0/s1. The van der Waals surface area contributed by atoms with E-state index in [9.17, 15) is 63.8 Å². The molecule has 0 bridgehead atoms. The van der Waals surface area contributed by atoms with Crippen LogP contribution in [-0.2, 0) is 37.6 Å². The van der Waals surface area contributed by atoms with Gasteiger partial charge in [-0.05, 0) is 48.5 Å². The molecule has 0 aromatic heterocycles. The molecule has 1 amide bonds.